The maximum Gasteiger partial charge on any atom is 0.0638 e. The van der Waals surface area contributed by atoms with Gasteiger partial charge >= 0.3 is 0 Å². The molecule has 0 amide bonds. The van der Waals surface area contributed by atoms with Crippen molar-refractivity contribution in [1.29, 1.82) is 0 Å². The monoisotopic (exact) mass is 272 g/mol. The van der Waals surface area contributed by atoms with Gasteiger partial charge in [-0.05, 0) is 45.8 Å². The highest BCUT2D eigenvalue weighted by atomic mass is 35.5. The second kappa shape index (κ2) is 7.12. The number of aromatic nitrogens is 2. The van der Waals surface area contributed by atoms with Gasteiger partial charge in [0.1, 0.15) is 0 Å². The Kier molecular flexibility index (Phi) is 6.12. The Bertz CT molecular complexity index is 362. The zero-order valence-electron chi connectivity index (χ0n) is 11.6. The van der Waals surface area contributed by atoms with E-state index in [1.807, 2.05) is 18.8 Å². The van der Waals surface area contributed by atoms with Crippen LogP contribution in [0.3, 0.4) is 0 Å². The Labute approximate surface area is 116 Å². The summed E-state index contributed by atoms with van der Waals surface area (Å²) in [5, 5.41) is 7.70. The number of halogens is 1. The van der Waals surface area contributed by atoms with E-state index in [-0.39, 0.29) is 12.4 Å². The van der Waals surface area contributed by atoms with Gasteiger partial charge in [0.15, 0.2) is 0 Å². The van der Waals surface area contributed by atoms with E-state index in [9.17, 15) is 0 Å². The highest BCUT2D eigenvalue weighted by Crippen LogP contribution is 2.18. The minimum Gasteiger partial charge on any atom is -0.319 e. The van der Waals surface area contributed by atoms with Gasteiger partial charge in [-0.25, -0.2) is 0 Å². The molecular formula is C13H25ClN4. The van der Waals surface area contributed by atoms with E-state index in [2.05, 4.69) is 28.4 Å². The van der Waals surface area contributed by atoms with Crippen molar-refractivity contribution < 1.29 is 0 Å². The van der Waals surface area contributed by atoms with Crippen molar-refractivity contribution in [2.45, 2.75) is 26.3 Å². The molecule has 1 aromatic rings. The summed E-state index contributed by atoms with van der Waals surface area (Å²) < 4.78 is 1.92. The molecule has 1 unspecified atom stereocenters. The van der Waals surface area contributed by atoms with Gasteiger partial charge in [0, 0.05) is 31.9 Å². The summed E-state index contributed by atoms with van der Waals surface area (Å²) in [7, 11) is 4.04. The van der Waals surface area contributed by atoms with Crippen molar-refractivity contribution in [3.63, 3.8) is 0 Å². The maximum absolute atomic E-state index is 4.41. The first kappa shape index (κ1) is 15.5. The Morgan fingerprint density at radius 1 is 1.50 bits per heavy atom. The van der Waals surface area contributed by atoms with E-state index < -0.39 is 0 Å². The zero-order valence-corrected chi connectivity index (χ0v) is 12.5. The Balaban J connectivity index is 0.00000162. The lowest BCUT2D eigenvalue weighted by atomic mass is 9.97. The topological polar surface area (TPSA) is 33.1 Å². The number of nitrogens with zero attached hydrogens (tertiary/aromatic N) is 3. The Morgan fingerprint density at radius 3 is 2.89 bits per heavy atom. The summed E-state index contributed by atoms with van der Waals surface area (Å²) in [5.74, 6) is 0.811. The van der Waals surface area contributed by atoms with Gasteiger partial charge in [0.2, 0.25) is 0 Å². The third-order valence-corrected chi connectivity index (χ3v) is 3.60. The summed E-state index contributed by atoms with van der Waals surface area (Å²) in [5.41, 5.74) is 2.54. The van der Waals surface area contributed by atoms with Crippen LogP contribution in [0.4, 0.5) is 0 Å². The molecule has 5 heteroatoms. The maximum atomic E-state index is 4.41. The molecule has 0 spiro atoms. The third-order valence-electron chi connectivity index (χ3n) is 3.60. The van der Waals surface area contributed by atoms with E-state index in [1.165, 1.54) is 37.2 Å². The molecule has 1 aliphatic rings. The van der Waals surface area contributed by atoms with Gasteiger partial charge in [0.25, 0.3) is 0 Å². The molecule has 1 atom stereocenters. The molecule has 0 aliphatic carbocycles. The number of rotatable bonds is 4. The summed E-state index contributed by atoms with van der Waals surface area (Å²) in [6.45, 7) is 6.75. The summed E-state index contributed by atoms with van der Waals surface area (Å²) in [6.07, 6.45) is 4.84. The average molecular weight is 273 g/mol. The molecular weight excluding hydrogens is 248 g/mol. The molecule has 2 rings (SSSR count). The fourth-order valence-corrected chi connectivity index (χ4v) is 2.79. The molecule has 0 saturated carbocycles. The van der Waals surface area contributed by atoms with Crippen LogP contribution in [0.1, 0.15) is 24.1 Å². The van der Waals surface area contributed by atoms with Crippen LogP contribution < -0.4 is 5.32 Å². The molecule has 2 heterocycles. The van der Waals surface area contributed by atoms with E-state index in [0.717, 1.165) is 19.0 Å². The number of aryl methyl sites for hydroxylation is 2. The van der Waals surface area contributed by atoms with E-state index in [0.29, 0.717) is 0 Å². The lowest BCUT2D eigenvalue weighted by Gasteiger charge is -2.32. The quantitative estimate of drug-likeness (QED) is 0.904. The van der Waals surface area contributed by atoms with Crippen molar-refractivity contribution in [2.75, 3.05) is 26.7 Å². The standard InChI is InChI=1S/C13H24N4.ClH/c1-11-13(9-16(3)15-11)10-17-6-4-5-12(8-17)7-14-2;/h9,12,14H,4-8,10H2,1-3H3;1H. The molecule has 0 bridgehead atoms. The highest BCUT2D eigenvalue weighted by Gasteiger charge is 2.20. The fourth-order valence-electron chi connectivity index (χ4n) is 2.79. The lowest BCUT2D eigenvalue weighted by molar-refractivity contribution is 0.166. The first-order chi connectivity index (χ1) is 8.19. The lowest BCUT2D eigenvalue weighted by Crippen LogP contribution is -2.38. The summed E-state index contributed by atoms with van der Waals surface area (Å²) in [4.78, 5) is 2.56. The van der Waals surface area contributed by atoms with Gasteiger partial charge in [-0.15, -0.1) is 12.4 Å². The number of likely N-dealkylation sites (tertiary alicyclic amines) is 1. The van der Waals surface area contributed by atoms with Crippen molar-refractivity contribution in [3.05, 3.63) is 17.5 Å². The van der Waals surface area contributed by atoms with Crippen molar-refractivity contribution in [3.8, 4) is 0 Å². The fraction of sp³-hybridized carbons (Fsp3) is 0.769. The molecule has 0 aromatic carbocycles. The van der Waals surface area contributed by atoms with Gasteiger partial charge in [0.05, 0.1) is 5.69 Å². The summed E-state index contributed by atoms with van der Waals surface area (Å²) in [6, 6.07) is 0. The molecule has 1 aliphatic heterocycles. The third kappa shape index (κ3) is 3.97. The normalized spacial score (nSPS) is 20.7. The smallest absolute Gasteiger partial charge is 0.0638 e. The molecule has 1 aromatic heterocycles. The Morgan fingerprint density at radius 2 is 2.28 bits per heavy atom. The van der Waals surface area contributed by atoms with Gasteiger partial charge < -0.3 is 5.32 Å². The molecule has 0 radical (unpaired) electrons. The second-order valence-electron chi connectivity index (χ2n) is 5.21. The molecule has 4 nitrogen and oxygen atoms in total. The van der Waals surface area contributed by atoms with Crippen molar-refractivity contribution >= 4 is 12.4 Å². The predicted octanol–water partition coefficient (Wildman–Crippen LogP) is 1.58. The highest BCUT2D eigenvalue weighted by molar-refractivity contribution is 5.85. The van der Waals surface area contributed by atoms with E-state index in [1.54, 1.807) is 0 Å². The van der Waals surface area contributed by atoms with Crippen LogP contribution in [0.5, 0.6) is 0 Å². The second-order valence-corrected chi connectivity index (χ2v) is 5.21. The van der Waals surface area contributed by atoms with Crippen molar-refractivity contribution in [2.24, 2.45) is 13.0 Å². The van der Waals surface area contributed by atoms with Crippen LogP contribution in [0, 0.1) is 12.8 Å². The minimum atomic E-state index is 0. The first-order valence-corrected chi connectivity index (χ1v) is 6.55. The first-order valence-electron chi connectivity index (χ1n) is 6.55. The number of hydrogen-bond acceptors (Lipinski definition) is 3. The van der Waals surface area contributed by atoms with Gasteiger partial charge in [-0.2, -0.15) is 5.10 Å². The largest absolute Gasteiger partial charge is 0.319 e. The van der Waals surface area contributed by atoms with E-state index in [4.69, 9.17) is 0 Å². The molecule has 104 valence electrons. The number of piperidine rings is 1. The van der Waals surface area contributed by atoms with Crippen LogP contribution in [-0.2, 0) is 13.6 Å². The molecule has 18 heavy (non-hydrogen) atoms. The van der Waals surface area contributed by atoms with Crippen LogP contribution in [-0.4, -0.2) is 41.4 Å². The number of nitrogens with one attached hydrogen (secondary N) is 1. The van der Waals surface area contributed by atoms with Gasteiger partial charge in [-0.3, -0.25) is 9.58 Å². The average Bonchev–Trinajstić information content (AvgIpc) is 2.58. The number of hydrogen-bond donors (Lipinski definition) is 1. The molecule has 1 saturated heterocycles. The van der Waals surface area contributed by atoms with E-state index >= 15 is 0 Å². The van der Waals surface area contributed by atoms with Crippen LogP contribution >= 0.6 is 12.4 Å². The SMILES string of the molecule is CNCC1CCCN(Cc2cn(C)nc2C)C1.Cl. The zero-order chi connectivity index (χ0) is 12.3. The predicted molar refractivity (Wildman–Crippen MR) is 77.1 cm³/mol. The van der Waals surface area contributed by atoms with Crippen molar-refractivity contribution in [1.82, 2.24) is 20.0 Å². The molecule has 1 fully saturated rings. The van der Waals surface area contributed by atoms with Crippen LogP contribution in [0.25, 0.3) is 0 Å². The Hall–Kier alpha value is -0.580. The minimum absolute atomic E-state index is 0. The van der Waals surface area contributed by atoms with Gasteiger partial charge in [-0.1, -0.05) is 0 Å². The van der Waals surface area contributed by atoms with Crippen LogP contribution in [0.2, 0.25) is 0 Å². The summed E-state index contributed by atoms with van der Waals surface area (Å²) >= 11 is 0. The van der Waals surface area contributed by atoms with Crippen LogP contribution in [0.15, 0.2) is 6.20 Å². The molecule has 1 N–H and O–H groups in total.